The fourth-order valence-electron chi connectivity index (χ4n) is 1.47. The Morgan fingerprint density at radius 1 is 1.31 bits per heavy atom. The molecule has 0 saturated heterocycles. The molecule has 0 spiro atoms. The van der Waals surface area contributed by atoms with Gasteiger partial charge in [0.15, 0.2) is 0 Å². The SMILES string of the molecule is C[Si](C)(C)C#CCc1cn2ccccc2n1. The Hall–Kier alpha value is -1.53. The van der Waals surface area contributed by atoms with Gasteiger partial charge in [0.1, 0.15) is 13.7 Å². The predicted octanol–water partition coefficient (Wildman–Crippen LogP) is 2.76. The number of imidazole rings is 1. The van der Waals surface area contributed by atoms with Gasteiger partial charge >= 0.3 is 0 Å². The van der Waals surface area contributed by atoms with E-state index >= 15 is 0 Å². The third kappa shape index (κ3) is 2.74. The van der Waals surface area contributed by atoms with Crippen molar-refractivity contribution in [2.45, 2.75) is 26.1 Å². The summed E-state index contributed by atoms with van der Waals surface area (Å²) < 4.78 is 2.03. The van der Waals surface area contributed by atoms with Gasteiger partial charge in [0.25, 0.3) is 0 Å². The van der Waals surface area contributed by atoms with E-state index in [1.165, 1.54) is 0 Å². The largest absolute Gasteiger partial charge is 0.307 e. The van der Waals surface area contributed by atoms with E-state index in [0.29, 0.717) is 0 Å². The molecule has 2 heterocycles. The average Bonchev–Trinajstić information content (AvgIpc) is 2.57. The number of hydrogen-bond donors (Lipinski definition) is 0. The Balaban J connectivity index is 2.18. The fourth-order valence-corrected chi connectivity index (χ4v) is 2.09. The van der Waals surface area contributed by atoms with Gasteiger partial charge in [-0.1, -0.05) is 25.7 Å². The monoisotopic (exact) mass is 228 g/mol. The van der Waals surface area contributed by atoms with Crippen molar-refractivity contribution < 1.29 is 0 Å². The number of nitrogens with zero attached hydrogens (tertiary/aromatic N) is 2. The molecule has 2 nitrogen and oxygen atoms in total. The first kappa shape index (κ1) is 11.0. The van der Waals surface area contributed by atoms with E-state index in [-0.39, 0.29) is 0 Å². The molecule has 16 heavy (non-hydrogen) atoms. The molecule has 0 fully saturated rings. The van der Waals surface area contributed by atoms with E-state index in [0.717, 1.165) is 17.8 Å². The third-order valence-corrected chi connectivity index (χ3v) is 3.07. The van der Waals surface area contributed by atoms with Crippen LogP contribution >= 0.6 is 0 Å². The summed E-state index contributed by atoms with van der Waals surface area (Å²) in [4.78, 5) is 4.51. The lowest BCUT2D eigenvalue weighted by molar-refractivity contribution is 1.17. The summed E-state index contributed by atoms with van der Waals surface area (Å²) in [6.45, 7) is 6.76. The minimum absolute atomic E-state index is 0.756. The zero-order valence-electron chi connectivity index (χ0n) is 9.99. The van der Waals surface area contributed by atoms with Crippen molar-refractivity contribution in [2.75, 3.05) is 0 Å². The molecule has 3 heteroatoms. The van der Waals surface area contributed by atoms with Gasteiger partial charge in [0, 0.05) is 12.4 Å². The first-order chi connectivity index (χ1) is 7.54. The molecule has 0 radical (unpaired) electrons. The molecule has 2 aromatic rings. The number of aromatic nitrogens is 2. The quantitative estimate of drug-likeness (QED) is 0.542. The third-order valence-electron chi connectivity index (χ3n) is 2.15. The van der Waals surface area contributed by atoms with Crippen molar-refractivity contribution in [1.82, 2.24) is 9.38 Å². The van der Waals surface area contributed by atoms with Gasteiger partial charge in [0.05, 0.1) is 12.1 Å². The lowest BCUT2D eigenvalue weighted by atomic mass is 10.3. The fraction of sp³-hybridized carbons (Fsp3) is 0.308. The van der Waals surface area contributed by atoms with Crippen LogP contribution in [0.25, 0.3) is 5.65 Å². The Labute approximate surface area is 97.3 Å². The maximum atomic E-state index is 4.51. The molecule has 0 N–H and O–H groups in total. The second kappa shape index (κ2) is 4.15. The normalized spacial score (nSPS) is 11.2. The van der Waals surface area contributed by atoms with Gasteiger partial charge in [-0.15, -0.1) is 11.5 Å². The van der Waals surface area contributed by atoms with E-state index in [1.54, 1.807) is 0 Å². The van der Waals surface area contributed by atoms with Crippen molar-refractivity contribution in [3.63, 3.8) is 0 Å². The Morgan fingerprint density at radius 3 is 2.81 bits per heavy atom. The second-order valence-corrected chi connectivity index (χ2v) is 9.68. The zero-order valence-corrected chi connectivity index (χ0v) is 11.0. The molecular weight excluding hydrogens is 212 g/mol. The first-order valence-electron chi connectivity index (χ1n) is 5.47. The standard InChI is InChI=1S/C13H16N2Si/c1-16(2,3)10-6-7-12-11-15-9-5-4-8-13(15)14-12/h4-5,8-9,11H,7H2,1-3H3. The van der Waals surface area contributed by atoms with Crippen molar-refractivity contribution in [1.29, 1.82) is 0 Å². The number of rotatable bonds is 1. The van der Waals surface area contributed by atoms with E-state index in [4.69, 9.17) is 0 Å². The highest BCUT2D eigenvalue weighted by atomic mass is 28.3. The van der Waals surface area contributed by atoms with Crippen LogP contribution in [-0.2, 0) is 6.42 Å². The lowest BCUT2D eigenvalue weighted by Gasteiger charge is -2.02. The van der Waals surface area contributed by atoms with Crippen LogP contribution in [-0.4, -0.2) is 17.5 Å². The average molecular weight is 228 g/mol. The van der Waals surface area contributed by atoms with Crippen molar-refractivity contribution >= 4 is 13.7 Å². The molecule has 0 unspecified atom stereocenters. The Kier molecular flexibility index (Phi) is 2.84. The summed E-state index contributed by atoms with van der Waals surface area (Å²) in [5, 5.41) is 0. The van der Waals surface area contributed by atoms with Crippen LogP contribution in [0.1, 0.15) is 5.69 Å². The van der Waals surface area contributed by atoms with Gasteiger partial charge in [0.2, 0.25) is 0 Å². The van der Waals surface area contributed by atoms with Crippen LogP contribution in [0.4, 0.5) is 0 Å². The molecule has 0 aliphatic carbocycles. The molecule has 2 aromatic heterocycles. The van der Waals surface area contributed by atoms with Gasteiger partial charge in [-0.25, -0.2) is 4.98 Å². The highest BCUT2D eigenvalue weighted by Crippen LogP contribution is 2.05. The molecule has 0 aliphatic rings. The van der Waals surface area contributed by atoms with Crippen molar-refractivity contribution in [2.24, 2.45) is 0 Å². The van der Waals surface area contributed by atoms with Crippen LogP contribution < -0.4 is 0 Å². The van der Waals surface area contributed by atoms with Crippen LogP contribution in [0.15, 0.2) is 30.6 Å². The maximum absolute atomic E-state index is 4.51. The molecule has 0 saturated carbocycles. The predicted molar refractivity (Wildman–Crippen MR) is 70.0 cm³/mol. The van der Waals surface area contributed by atoms with E-state index in [1.807, 2.05) is 35.0 Å². The number of pyridine rings is 1. The summed E-state index contributed by atoms with van der Waals surface area (Å²) >= 11 is 0. The van der Waals surface area contributed by atoms with Gasteiger partial charge in [-0.2, -0.15) is 0 Å². The van der Waals surface area contributed by atoms with Gasteiger partial charge in [-0.05, 0) is 12.1 Å². The molecule has 0 aromatic carbocycles. The van der Waals surface area contributed by atoms with Gasteiger partial charge < -0.3 is 4.40 Å². The molecule has 0 aliphatic heterocycles. The van der Waals surface area contributed by atoms with E-state index in [9.17, 15) is 0 Å². The Bertz CT molecular complexity index is 519. The molecular formula is C13H16N2Si. The van der Waals surface area contributed by atoms with Crippen LogP contribution in [0.2, 0.25) is 19.6 Å². The molecule has 0 atom stereocenters. The minimum atomic E-state index is -1.25. The summed E-state index contributed by atoms with van der Waals surface area (Å²) in [7, 11) is -1.25. The van der Waals surface area contributed by atoms with Crippen LogP contribution in [0, 0.1) is 11.5 Å². The summed E-state index contributed by atoms with van der Waals surface area (Å²) in [5.41, 5.74) is 5.40. The van der Waals surface area contributed by atoms with Crippen molar-refractivity contribution in [3.8, 4) is 11.5 Å². The smallest absolute Gasteiger partial charge is 0.137 e. The van der Waals surface area contributed by atoms with Crippen LogP contribution in [0.3, 0.4) is 0 Å². The minimum Gasteiger partial charge on any atom is -0.307 e. The first-order valence-corrected chi connectivity index (χ1v) is 8.97. The van der Waals surface area contributed by atoms with Crippen molar-refractivity contribution in [3.05, 3.63) is 36.3 Å². The zero-order chi connectivity index (χ0) is 11.6. The van der Waals surface area contributed by atoms with Gasteiger partial charge in [-0.3, -0.25) is 0 Å². The lowest BCUT2D eigenvalue weighted by Crippen LogP contribution is -2.16. The van der Waals surface area contributed by atoms with Crippen LogP contribution in [0.5, 0.6) is 0 Å². The number of fused-ring (bicyclic) bond motifs is 1. The summed E-state index contributed by atoms with van der Waals surface area (Å²) in [6, 6.07) is 6.02. The molecule has 2 rings (SSSR count). The van der Waals surface area contributed by atoms with E-state index in [2.05, 4.69) is 36.1 Å². The topological polar surface area (TPSA) is 17.3 Å². The Morgan fingerprint density at radius 2 is 2.12 bits per heavy atom. The molecule has 0 bridgehead atoms. The summed E-state index contributed by atoms with van der Waals surface area (Å²) in [5.74, 6) is 3.24. The molecule has 82 valence electrons. The number of hydrogen-bond acceptors (Lipinski definition) is 1. The molecule has 0 amide bonds. The second-order valence-electron chi connectivity index (χ2n) is 4.93. The highest BCUT2D eigenvalue weighted by Gasteiger charge is 2.07. The van der Waals surface area contributed by atoms with E-state index < -0.39 is 8.07 Å². The summed E-state index contributed by atoms with van der Waals surface area (Å²) in [6.07, 6.45) is 4.82. The highest BCUT2D eigenvalue weighted by molar-refractivity contribution is 6.83. The maximum Gasteiger partial charge on any atom is 0.137 e.